The van der Waals surface area contributed by atoms with Gasteiger partial charge in [0.05, 0.1) is 0 Å². The average Bonchev–Trinajstić information content (AvgIpc) is 1.36. The Morgan fingerprint density at radius 1 is 1.67 bits per heavy atom. The second-order valence-electron chi connectivity index (χ2n) is 1.22. The van der Waals surface area contributed by atoms with Crippen LogP contribution in [0.15, 0.2) is 11.8 Å². The number of rotatable bonds is 1. The van der Waals surface area contributed by atoms with E-state index in [1.807, 2.05) is 0 Å². The first-order valence-electron chi connectivity index (χ1n) is 1.66. The summed E-state index contributed by atoms with van der Waals surface area (Å²) in [4.78, 5) is 0. The lowest BCUT2D eigenvalue weighted by Gasteiger charge is -1.96. The summed E-state index contributed by atoms with van der Waals surface area (Å²) in [7, 11) is 0.659. The number of aliphatic hydroxyl groups excluding tert-OH is 1. The third kappa shape index (κ3) is 2.13. The van der Waals surface area contributed by atoms with E-state index in [0.29, 0.717) is 15.4 Å². The summed E-state index contributed by atoms with van der Waals surface area (Å²) in [6, 6.07) is 0. The monoisotopic (exact) mass is 104 g/mol. The van der Waals surface area contributed by atoms with Crippen molar-refractivity contribution in [3.8, 4) is 0 Å². The summed E-state index contributed by atoms with van der Waals surface area (Å²) < 4.78 is 0. The maximum atomic E-state index is 8.12. The minimum absolute atomic E-state index is 0.509. The predicted octanol–water partition coefficient (Wildman–Crippen LogP) is -1.82. The van der Waals surface area contributed by atoms with Gasteiger partial charge in [0.25, 0.3) is 0 Å². The molecule has 0 radical (unpaired) electrons. The van der Waals surface area contributed by atoms with Crippen LogP contribution in [0.25, 0.3) is 0 Å². The fraction of sp³-hybridized carbons (Fsp3) is 0.333. The van der Waals surface area contributed by atoms with Crippen molar-refractivity contribution in [3.05, 3.63) is 11.8 Å². The molecule has 0 saturated heterocycles. The van der Waals surface area contributed by atoms with Crippen LogP contribution in [0.4, 0.5) is 0 Å². The van der Waals surface area contributed by atoms with Crippen molar-refractivity contribution in [2.75, 3.05) is 0 Å². The van der Waals surface area contributed by atoms with Gasteiger partial charge in [-0.1, -0.05) is 6.58 Å². The molecular weight excluding hydrogens is 96.1 g/mol. The minimum atomic E-state index is -1.28. The van der Waals surface area contributed by atoms with E-state index in [1.165, 1.54) is 0 Å². The van der Waals surface area contributed by atoms with Crippen LogP contribution in [0.5, 0.6) is 0 Å². The number of hydrogen-bond donors (Lipinski definition) is 2. The van der Waals surface area contributed by atoms with Crippen LogP contribution in [0.1, 0.15) is 0 Å². The molecule has 0 aromatic carbocycles. The molecule has 0 aliphatic heterocycles. The molecule has 3 heteroatoms. The summed E-state index contributed by atoms with van der Waals surface area (Å²) in [6.07, 6.45) is -1.28. The van der Waals surface area contributed by atoms with E-state index in [2.05, 4.69) is 6.58 Å². The molecule has 0 bridgehead atoms. The normalized spacial score (nSPS) is 9.83. The lowest BCUT2D eigenvalue weighted by molar-refractivity contribution is -0.00135. The predicted molar refractivity (Wildman–Crippen MR) is 27.3 cm³/mol. The van der Waals surface area contributed by atoms with Crippen molar-refractivity contribution in [1.29, 1.82) is 0 Å². The van der Waals surface area contributed by atoms with E-state index < -0.39 is 6.29 Å². The second kappa shape index (κ2) is 2.12. The van der Waals surface area contributed by atoms with Crippen molar-refractivity contribution >= 4 is 10.2 Å². The Hall–Kier alpha value is -0.123. The van der Waals surface area contributed by atoms with Gasteiger partial charge >= 0.3 is 0 Å². The zero-order valence-electron chi connectivity index (χ0n) is 3.68. The SMILES string of the molecule is C=C([SiH3])C(O)O. The lowest BCUT2D eigenvalue weighted by Crippen LogP contribution is -2.06. The maximum Gasteiger partial charge on any atom is 0.169 e. The quantitative estimate of drug-likeness (QED) is 0.304. The summed E-state index contributed by atoms with van der Waals surface area (Å²) >= 11 is 0. The first-order chi connectivity index (χ1) is 2.64. The van der Waals surface area contributed by atoms with Gasteiger partial charge in [-0.3, -0.25) is 0 Å². The second-order valence-corrected chi connectivity index (χ2v) is 2.50. The molecule has 0 rings (SSSR count). The van der Waals surface area contributed by atoms with Crippen LogP contribution in [-0.2, 0) is 0 Å². The Morgan fingerprint density at radius 3 is 1.83 bits per heavy atom. The molecular formula is C3H8O2Si. The molecule has 0 heterocycles. The molecule has 0 aromatic rings. The summed E-state index contributed by atoms with van der Waals surface area (Å²) in [5, 5.41) is 16.8. The van der Waals surface area contributed by atoms with Gasteiger partial charge in [0.2, 0.25) is 0 Å². The van der Waals surface area contributed by atoms with Crippen molar-refractivity contribution in [1.82, 2.24) is 0 Å². The third-order valence-corrected chi connectivity index (χ3v) is 0.957. The maximum absolute atomic E-state index is 8.12. The van der Waals surface area contributed by atoms with Gasteiger partial charge in [0, 0.05) is 10.2 Å². The molecule has 0 fully saturated rings. The number of hydrogen-bond acceptors (Lipinski definition) is 2. The minimum Gasteiger partial charge on any atom is -0.365 e. The van der Waals surface area contributed by atoms with Crippen molar-refractivity contribution < 1.29 is 10.2 Å². The van der Waals surface area contributed by atoms with Crippen LogP contribution < -0.4 is 0 Å². The standard InChI is InChI=1S/C3H8O2Si/c1-2(6)3(4)5/h3-5H,1H2,6H3. The van der Waals surface area contributed by atoms with E-state index in [0.717, 1.165) is 0 Å². The highest BCUT2D eigenvalue weighted by Crippen LogP contribution is 1.83. The highest BCUT2D eigenvalue weighted by atomic mass is 28.1. The molecule has 0 aliphatic rings. The van der Waals surface area contributed by atoms with Crippen LogP contribution in [0, 0.1) is 0 Å². The Kier molecular flexibility index (Phi) is 2.08. The number of aliphatic hydroxyl groups is 2. The highest BCUT2D eigenvalue weighted by molar-refractivity contribution is 6.21. The molecule has 0 atom stereocenters. The molecule has 0 saturated carbocycles. The van der Waals surface area contributed by atoms with Crippen LogP contribution in [-0.4, -0.2) is 26.7 Å². The molecule has 0 aliphatic carbocycles. The van der Waals surface area contributed by atoms with Crippen molar-refractivity contribution in [2.24, 2.45) is 0 Å². The van der Waals surface area contributed by atoms with E-state index >= 15 is 0 Å². The molecule has 2 N–H and O–H groups in total. The molecule has 0 aromatic heterocycles. The van der Waals surface area contributed by atoms with Crippen molar-refractivity contribution in [3.63, 3.8) is 0 Å². The Morgan fingerprint density at radius 2 is 1.83 bits per heavy atom. The lowest BCUT2D eigenvalue weighted by atomic mass is 10.6. The van der Waals surface area contributed by atoms with E-state index in [9.17, 15) is 0 Å². The largest absolute Gasteiger partial charge is 0.365 e. The Balaban J connectivity index is 3.26. The first-order valence-corrected chi connectivity index (χ1v) is 2.66. The van der Waals surface area contributed by atoms with Gasteiger partial charge in [-0.2, -0.15) is 0 Å². The third-order valence-electron chi connectivity index (χ3n) is 0.441. The van der Waals surface area contributed by atoms with E-state index in [4.69, 9.17) is 10.2 Å². The summed E-state index contributed by atoms with van der Waals surface area (Å²) in [6.45, 7) is 3.32. The molecule has 0 amide bonds. The highest BCUT2D eigenvalue weighted by Gasteiger charge is 1.91. The van der Waals surface area contributed by atoms with Crippen molar-refractivity contribution in [2.45, 2.75) is 6.29 Å². The fourth-order valence-corrected chi connectivity index (χ4v) is 0. The van der Waals surface area contributed by atoms with Gasteiger partial charge in [-0.25, -0.2) is 0 Å². The van der Waals surface area contributed by atoms with E-state index in [-0.39, 0.29) is 0 Å². The smallest absolute Gasteiger partial charge is 0.169 e. The molecule has 36 valence electrons. The zero-order chi connectivity index (χ0) is 5.15. The van der Waals surface area contributed by atoms with Gasteiger partial charge in [0.15, 0.2) is 6.29 Å². The van der Waals surface area contributed by atoms with E-state index in [1.54, 1.807) is 0 Å². The fourth-order valence-electron chi connectivity index (χ4n) is 0. The topological polar surface area (TPSA) is 40.5 Å². The molecule has 6 heavy (non-hydrogen) atoms. The zero-order valence-corrected chi connectivity index (χ0v) is 5.68. The Bertz CT molecular complexity index is 59.8. The molecule has 2 nitrogen and oxygen atoms in total. The molecule has 0 unspecified atom stereocenters. The van der Waals surface area contributed by atoms with Gasteiger partial charge < -0.3 is 10.2 Å². The van der Waals surface area contributed by atoms with Crippen LogP contribution >= 0.6 is 0 Å². The van der Waals surface area contributed by atoms with Gasteiger partial charge in [0.1, 0.15) is 0 Å². The summed E-state index contributed by atoms with van der Waals surface area (Å²) in [5.74, 6) is 0. The van der Waals surface area contributed by atoms with Gasteiger partial charge in [-0.15, -0.1) is 0 Å². The average molecular weight is 104 g/mol. The van der Waals surface area contributed by atoms with Gasteiger partial charge in [-0.05, 0) is 5.20 Å². The Labute approximate surface area is 39.5 Å². The van der Waals surface area contributed by atoms with Crippen LogP contribution in [0.3, 0.4) is 0 Å². The first kappa shape index (κ1) is 5.88. The summed E-state index contributed by atoms with van der Waals surface area (Å²) in [5.41, 5.74) is 0. The van der Waals surface area contributed by atoms with Crippen LogP contribution in [0.2, 0.25) is 0 Å². The molecule has 0 spiro atoms.